The second kappa shape index (κ2) is 5.15. The molecule has 0 saturated heterocycles. The summed E-state index contributed by atoms with van der Waals surface area (Å²) in [5.74, 6) is 0.567. The predicted octanol–water partition coefficient (Wildman–Crippen LogP) is 2.56. The monoisotopic (exact) mass is 316 g/mol. The summed E-state index contributed by atoms with van der Waals surface area (Å²) < 4.78 is 1.01. The fraction of sp³-hybridized carbons (Fsp3) is 0. The number of imidazole rings is 1. The van der Waals surface area contributed by atoms with Gasteiger partial charge in [0.25, 0.3) is 0 Å². The number of benzene rings is 1. The third kappa shape index (κ3) is 2.60. The third-order valence-electron chi connectivity index (χ3n) is 2.45. The highest BCUT2D eigenvalue weighted by molar-refractivity contribution is 9.10. The van der Waals surface area contributed by atoms with Crippen LogP contribution in [0.2, 0.25) is 0 Å². The van der Waals surface area contributed by atoms with E-state index in [1.165, 1.54) is 6.33 Å². The lowest BCUT2D eigenvalue weighted by molar-refractivity contribution is 1.17. The molecule has 7 heteroatoms. The Kier molecular flexibility index (Phi) is 3.20. The average molecular weight is 317 g/mol. The van der Waals surface area contributed by atoms with Crippen LogP contribution in [0.4, 0.5) is 5.82 Å². The van der Waals surface area contributed by atoms with Crippen LogP contribution in [0.3, 0.4) is 0 Å². The van der Waals surface area contributed by atoms with E-state index in [1.807, 2.05) is 24.3 Å². The van der Waals surface area contributed by atoms with Gasteiger partial charge in [-0.05, 0) is 17.7 Å². The van der Waals surface area contributed by atoms with Gasteiger partial charge < -0.3 is 4.98 Å². The molecule has 1 aromatic carbocycles. The van der Waals surface area contributed by atoms with Gasteiger partial charge >= 0.3 is 0 Å². The molecule has 2 N–H and O–H groups in total. The first-order chi connectivity index (χ1) is 9.33. The van der Waals surface area contributed by atoms with Crippen LogP contribution in [-0.4, -0.2) is 26.2 Å². The zero-order chi connectivity index (χ0) is 13.1. The molecule has 0 amide bonds. The number of nitrogens with zero attached hydrogens (tertiary/aromatic N) is 4. The summed E-state index contributed by atoms with van der Waals surface area (Å²) >= 11 is 3.41. The van der Waals surface area contributed by atoms with Gasteiger partial charge in [0.05, 0.1) is 12.5 Å². The first kappa shape index (κ1) is 11.8. The molecule has 6 nitrogen and oxygen atoms in total. The van der Waals surface area contributed by atoms with E-state index in [-0.39, 0.29) is 0 Å². The van der Waals surface area contributed by atoms with Crippen LogP contribution in [0.25, 0.3) is 11.2 Å². The van der Waals surface area contributed by atoms with Crippen molar-refractivity contribution in [1.82, 2.24) is 19.9 Å². The van der Waals surface area contributed by atoms with Gasteiger partial charge in [-0.2, -0.15) is 5.10 Å². The number of fused-ring (bicyclic) bond motifs is 1. The van der Waals surface area contributed by atoms with E-state index in [9.17, 15) is 0 Å². The average Bonchev–Trinajstić information content (AvgIpc) is 2.88. The maximum atomic E-state index is 4.14. The summed E-state index contributed by atoms with van der Waals surface area (Å²) in [6.07, 6.45) is 4.74. The Morgan fingerprint density at radius 1 is 1.26 bits per heavy atom. The van der Waals surface area contributed by atoms with Crippen molar-refractivity contribution >= 4 is 39.1 Å². The van der Waals surface area contributed by atoms with Crippen molar-refractivity contribution in [2.24, 2.45) is 5.10 Å². The third-order valence-corrected chi connectivity index (χ3v) is 2.94. The van der Waals surface area contributed by atoms with E-state index < -0.39 is 0 Å². The largest absolute Gasteiger partial charge is 0.329 e. The summed E-state index contributed by atoms with van der Waals surface area (Å²) in [6, 6.07) is 7.83. The number of halogens is 1. The maximum Gasteiger partial charge on any atom is 0.177 e. The fourth-order valence-corrected chi connectivity index (χ4v) is 2.02. The molecule has 19 heavy (non-hydrogen) atoms. The Morgan fingerprint density at radius 3 is 3.11 bits per heavy atom. The van der Waals surface area contributed by atoms with Crippen LogP contribution in [0.15, 0.2) is 46.5 Å². The van der Waals surface area contributed by atoms with Gasteiger partial charge in [-0.3, -0.25) is 5.43 Å². The molecule has 0 aliphatic rings. The molecule has 0 aliphatic carbocycles. The van der Waals surface area contributed by atoms with Crippen LogP contribution in [0.1, 0.15) is 5.56 Å². The number of H-pyrrole nitrogens is 1. The predicted molar refractivity (Wildman–Crippen MR) is 77.0 cm³/mol. The Labute approximate surface area is 117 Å². The zero-order valence-electron chi connectivity index (χ0n) is 9.71. The number of hydrazone groups is 1. The number of anilines is 1. The topological polar surface area (TPSA) is 78.9 Å². The normalized spacial score (nSPS) is 11.2. The van der Waals surface area contributed by atoms with Crippen LogP contribution in [-0.2, 0) is 0 Å². The molecule has 0 spiro atoms. The highest BCUT2D eigenvalue weighted by Gasteiger charge is 2.03. The minimum atomic E-state index is 0.567. The second-order valence-corrected chi connectivity index (χ2v) is 4.66. The van der Waals surface area contributed by atoms with Gasteiger partial charge in [0.1, 0.15) is 6.33 Å². The van der Waals surface area contributed by atoms with Gasteiger partial charge in [-0.1, -0.05) is 28.1 Å². The number of hydrogen-bond acceptors (Lipinski definition) is 5. The first-order valence-corrected chi connectivity index (χ1v) is 6.31. The molecule has 0 fully saturated rings. The van der Waals surface area contributed by atoms with Crippen molar-refractivity contribution in [3.05, 3.63) is 47.0 Å². The Hall–Kier alpha value is -2.28. The smallest absolute Gasteiger partial charge is 0.177 e. The molecule has 0 bridgehead atoms. The molecule has 3 aromatic rings. The summed E-state index contributed by atoms with van der Waals surface area (Å²) in [6.45, 7) is 0. The van der Waals surface area contributed by atoms with Crippen molar-refractivity contribution < 1.29 is 0 Å². The molecular weight excluding hydrogens is 308 g/mol. The van der Waals surface area contributed by atoms with E-state index in [1.54, 1.807) is 12.5 Å². The summed E-state index contributed by atoms with van der Waals surface area (Å²) in [7, 11) is 0. The van der Waals surface area contributed by atoms with Crippen molar-refractivity contribution in [1.29, 1.82) is 0 Å². The summed E-state index contributed by atoms with van der Waals surface area (Å²) in [4.78, 5) is 15.2. The lowest BCUT2D eigenvalue weighted by Crippen LogP contribution is -1.95. The van der Waals surface area contributed by atoms with Gasteiger partial charge in [-0.15, -0.1) is 0 Å². The molecule has 2 heterocycles. The first-order valence-electron chi connectivity index (χ1n) is 5.51. The molecule has 0 radical (unpaired) electrons. The van der Waals surface area contributed by atoms with E-state index in [0.29, 0.717) is 17.0 Å². The maximum absolute atomic E-state index is 4.14. The standard InChI is InChI=1S/C12H9BrN6/c13-9-3-1-2-8(4-9)5-18-19-12-10-11(15-6-14-10)16-7-17-12/h1-7H,(H2,14,15,16,17,19). The van der Waals surface area contributed by atoms with Gasteiger partial charge in [0.15, 0.2) is 17.0 Å². The molecule has 0 atom stereocenters. The molecule has 0 saturated carbocycles. The lowest BCUT2D eigenvalue weighted by atomic mass is 10.2. The van der Waals surface area contributed by atoms with E-state index >= 15 is 0 Å². The molecule has 2 aromatic heterocycles. The highest BCUT2D eigenvalue weighted by Crippen LogP contribution is 2.14. The Bertz CT molecular complexity index is 736. The van der Waals surface area contributed by atoms with Crippen molar-refractivity contribution in [3.8, 4) is 0 Å². The van der Waals surface area contributed by atoms with Crippen molar-refractivity contribution in [2.75, 3.05) is 5.43 Å². The molecular formula is C12H9BrN6. The molecule has 0 unspecified atom stereocenters. The molecule has 94 valence electrons. The molecule has 0 aliphatic heterocycles. The number of aromatic nitrogens is 4. The molecule has 3 rings (SSSR count). The van der Waals surface area contributed by atoms with Crippen LogP contribution in [0, 0.1) is 0 Å². The number of hydrogen-bond donors (Lipinski definition) is 2. The highest BCUT2D eigenvalue weighted by atomic mass is 79.9. The SMILES string of the molecule is Brc1cccc(C=NNc2ncnc3[nH]cnc23)c1. The second-order valence-electron chi connectivity index (χ2n) is 3.75. The number of rotatable bonds is 3. The van der Waals surface area contributed by atoms with Crippen molar-refractivity contribution in [3.63, 3.8) is 0 Å². The van der Waals surface area contributed by atoms with Gasteiger partial charge in [-0.25, -0.2) is 15.0 Å². The Morgan fingerprint density at radius 2 is 2.21 bits per heavy atom. The minimum Gasteiger partial charge on any atom is -0.329 e. The minimum absolute atomic E-state index is 0.567. The van der Waals surface area contributed by atoms with E-state index in [0.717, 1.165) is 10.0 Å². The summed E-state index contributed by atoms with van der Waals surface area (Å²) in [5.41, 5.74) is 5.18. The van der Waals surface area contributed by atoms with Gasteiger partial charge in [0, 0.05) is 4.47 Å². The van der Waals surface area contributed by atoms with E-state index in [2.05, 4.69) is 46.4 Å². The van der Waals surface area contributed by atoms with Crippen molar-refractivity contribution in [2.45, 2.75) is 0 Å². The lowest BCUT2D eigenvalue weighted by Gasteiger charge is -1.99. The number of nitrogens with one attached hydrogen (secondary N) is 2. The van der Waals surface area contributed by atoms with Gasteiger partial charge in [0.2, 0.25) is 0 Å². The quantitative estimate of drug-likeness (QED) is 0.575. The van der Waals surface area contributed by atoms with Crippen LogP contribution >= 0.6 is 15.9 Å². The number of aromatic amines is 1. The summed E-state index contributed by atoms with van der Waals surface area (Å²) in [5, 5.41) is 4.14. The zero-order valence-corrected chi connectivity index (χ0v) is 11.3. The van der Waals surface area contributed by atoms with Crippen LogP contribution < -0.4 is 5.43 Å². The fourth-order valence-electron chi connectivity index (χ4n) is 1.60. The van der Waals surface area contributed by atoms with E-state index in [4.69, 9.17) is 0 Å². The Balaban J connectivity index is 1.81. The van der Waals surface area contributed by atoms with Crippen LogP contribution in [0.5, 0.6) is 0 Å².